The van der Waals surface area contributed by atoms with E-state index in [0.717, 1.165) is 30.5 Å². The first-order valence-corrected chi connectivity index (χ1v) is 12.8. The van der Waals surface area contributed by atoms with Gasteiger partial charge in [-0.1, -0.05) is 31.5 Å². The van der Waals surface area contributed by atoms with Crippen molar-refractivity contribution in [3.8, 4) is 5.75 Å². The minimum absolute atomic E-state index is 0.0599. The molecular weight excluding hydrogens is 468 g/mol. The van der Waals surface area contributed by atoms with Gasteiger partial charge in [0.1, 0.15) is 17.1 Å². The predicted molar refractivity (Wildman–Crippen MR) is 144 cm³/mol. The highest BCUT2D eigenvalue weighted by Gasteiger charge is 2.46. The van der Waals surface area contributed by atoms with E-state index in [0.29, 0.717) is 42.4 Å². The molecule has 1 aliphatic rings. The third-order valence-corrected chi connectivity index (χ3v) is 6.79. The first-order chi connectivity index (χ1) is 17.7. The van der Waals surface area contributed by atoms with Gasteiger partial charge in [0.05, 0.1) is 23.9 Å². The molecule has 1 unspecified atom stereocenters. The number of likely N-dealkylation sites (tertiary alicyclic amines) is 1. The van der Waals surface area contributed by atoms with Crippen LogP contribution >= 0.6 is 0 Å². The number of ether oxygens (including phenoxy) is 1. The van der Waals surface area contributed by atoms with Crippen LogP contribution in [0.2, 0.25) is 0 Å². The first kappa shape index (κ1) is 26.4. The van der Waals surface area contributed by atoms with E-state index in [2.05, 4.69) is 11.9 Å². The fourth-order valence-corrected chi connectivity index (χ4v) is 4.80. The van der Waals surface area contributed by atoms with E-state index in [-0.39, 0.29) is 11.3 Å². The van der Waals surface area contributed by atoms with Crippen molar-refractivity contribution in [1.82, 2.24) is 19.2 Å². The lowest BCUT2D eigenvalue weighted by Gasteiger charge is -2.26. The monoisotopic (exact) mass is 504 g/mol. The molecule has 2 aromatic heterocycles. The van der Waals surface area contributed by atoms with Crippen LogP contribution in [0.3, 0.4) is 0 Å². The van der Waals surface area contributed by atoms with Crippen molar-refractivity contribution in [3.63, 3.8) is 0 Å². The molecule has 4 rings (SSSR count). The Morgan fingerprint density at radius 2 is 1.92 bits per heavy atom. The van der Waals surface area contributed by atoms with Crippen molar-refractivity contribution in [2.75, 3.05) is 33.8 Å². The van der Waals surface area contributed by atoms with Crippen molar-refractivity contribution >= 4 is 23.1 Å². The highest BCUT2D eigenvalue weighted by atomic mass is 16.5. The quantitative estimate of drug-likeness (QED) is 0.189. The Hall–Kier alpha value is -3.65. The first-order valence-electron chi connectivity index (χ1n) is 12.8. The number of amides is 1. The second-order valence-electron chi connectivity index (χ2n) is 9.85. The maximum absolute atomic E-state index is 13.4. The van der Waals surface area contributed by atoms with Gasteiger partial charge >= 0.3 is 0 Å². The maximum atomic E-state index is 13.4. The number of nitrogens with zero attached hydrogens (tertiary/aromatic N) is 4. The van der Waals surface area contributed by atoms with Crippen LogP contribution < -0.4 is 4.74 Å². The largest absolute Gasteiger partial charge is 0.505 e. The van der Waals surface area contributed by atoms with Crippen molar-refractivity contribution < 1.29 is 19.4 Å². The predicted octanol–water partition coefficient (Wildman–Crippen LogP) is 4.50. The van der Waals surface area contributed by atoms with Crippen LogP contribution in [0.5, 0.6) is 5.75 Å². The molecule has 0 aliphatic carbocycles. The molecule has 1 N–H and O–H groups in total. The zero-order valence-corrected chi connectivity index (χ0v) is 22.3. The number of unbranched alkanes of at least 4 members (excludes halogenated alkanes) is 1. The summed E-state index contributed by atoms with van der Waals surface area (Å²) in [6.07, 6.45) is 4.51. The summed E-state index contributed by atoms with van der Waals surface area (Å²) in [5.74, 6) is -0.890. The summed E-state index contributed by atoms with van der Waals surface area (Å²) in [5, 5.41) is 11.6. The van der Waals surface area contributed by atoms with Gasteiger partial charge in [0.15, 0.2) is 5.76 Å². The Balaban J connectivity index is 1.83. The molecule has 1 fully saturated rings. The molecule has 0 radical (unpaired) electrons. The van der Waals surface area contributed by atoms with Gasteiger partial charge in [0.25, 0.3) is 11.7 Å². The van der Waals surface area contributed by atoms with E-state index in [1.807, 2.05) is 79.8 Å². The molecular formula is C29H36N4O4. The molecule has 1 atom stereocenters. The number of fused-ring (bicyclic) bond motifs is 1. The number of aryl methyl sites for hydroxylation is 2. The molecule has 37 heavy (non-hydrogen) atoms. The number of carbonyl (C=O) groups excluding carboxylic acids is 2. The molecule has 1 aromatic carbocycles. The molecule has 8 heteroatoms. The van der Waals surface area contributed by atoms with E-state index < -0.39 is 17.7 Å². The van der Waals surface area contributed by atoms with Crippen LogP contribution in [-0.2, 0) is 9.59 Å². The van der Waals surface area contributed by atoms with Crippen molar-refractivity contribution in [1.29, 1.82) is 0 Å². The molecule has 1 amide bonds. The highest BCUT2D eigenvalue weighted by molar-refractivity contribution is 6.46. The fourth-order valence-electron chi connectivity index (χ4n) is 4.80. The molecule has 0 saturated carbocycles. The van der Waals surface area contributed by atoms with Crippen LogP contribution in [0, 0.1) is 13.8 Å². The van der Waals surface area contributed by atoms with Crippen LogP contribution in [0.1, 0.15) is 54.7 Å². The smallest absolute Gasteiger partial charge is 0.295 e. The fraction of sp³-hybridized carbons (Fsp3) is 0.414. The molecule has 3 heterocycles. The lowest BCUT2D eigenvalue weighted by atomic mass is 9.96. The summed E-state index contributed by atoms with van der Waals surface area (Å²) in [7, 11) is 3.94. The minimum atomic E-state index is -0.734. The summed E-state index contributed by atoms with van der Waals surface area (Å²) in [6.45, 7) is 7.62. The number of hydrogen-bond donors (Lipinski definition) is 1. The van der Waals surface area contributed by atoms with Crippen molar-refractivity contribution in [2.24, 2.45) is 0 Å². The molecule has 1 saturated heterocycles. The Labute approximate surface area is 218 Å². The van der Waals surface area contributed by atoms with Gasteiger partial charge < -0.3 is 24.0 Å². The number of aliphatic hydroxyl groups excluding tert-OH is 1. The molecule has 3 aromatic rings. The van der Waals surface area contributed by atoms with Crippen LogP contribution in [0.4, 0.5) is 0 Å². The maximum Gasteiger partial charge on any atom is 0.295 e. The second kappa shape index (κ2) is 11.2. The highest BCUT2D eigenvalue weighted by Crippen LogP contribution is 2.40. The van der Waals surface area contributed by atoms with E-state index in [1.165, 1.54) is 0 Å². The Morgan fingerprint density at radius 1 is 1.14 bits per heavy atom. The number of hydrogen-bond acceptors (Lipinski definition) is 6. The third-order valence-electron chi connectivity index (χ3n) is 6.79. The summed E-state index contributed by atoms with van der Waals surface area (Å²) in [6, 6.07) is 10.6. The topological polar surface area (TPSA) is 87.4 Å². The number of ketones is 1. The lowest BCUT2D eigenvalue weighted by molar-refractivity contribution is -0.139. The van der Waals surface area contributed by atoms with Gasteiger partial charge in [-0.25, -0.2) is 4.98 Å². The van der Waals surface area contributed by atoms with Crippen LogP contribution in [0.15, 0.2) is 48.2 Å². The number of aliphatic hydroxyl groups is 1. The molecule has 1 aliphatic heterocycles. The van der Waals surface area contributed by atoms with Crippen LogP contribution in [0.25, 0.3) is 11.4 Å². The van der Waals surface area contributed by atoms with E-state index >= 15 is 0 Å². The van der Waals surface area contributed by atoms with Gasteiger partial charge in [-0.05, 0) is 76.7 Å². The van der Waals surface area contributed by atoms with Crippen molar-refractivity contribution in [2.45, 2.75) is 46.1 Å². The Kier molecular flexibility index (Phi) is 7.97. The second-order valence-corrected chi connectivity index (χ2v) is 9.85. The third kappa shape index (κ3) is 5.25. The average Bonchev–Trinajstić information content (AvgIpc) is 3.34. The zero-order chi connectivity index (χ0) is 26.7. The number of rotatable bonds is 10. The molecule has 0 spiro atoms. The minimum Gasteiger partial charge on any atom is -0.505 e. The Bertz CT molecular complexity index is 1340. The molecule has 8 nitrogen and oxygen atoms in total. The standard InChI is InChI=1S/C29H36N4O4/c1-6-7-17-37-22-13-8-12-21(18-22)25-23(27(35)29(36)33(25)16-10-14-31(4)5)26(34)24-20(3)32-15-9-11-19(2)28(32)30-24/h8-9,11-13,15,18,25,34H,6-7,10,14,16-17H2,1-5H3/b26-23+. The number of benzene rings is 1. The number of pyridine rings is 1. The summed E-state index contributed by atoms with van der Waals surface area (Å²) in [5.41, 5.74) is 3.43. The zero-order valence-electron chi connectivity index (χ0n) is 22.3. The van der Waals surface area contributed by atoms with E-state index in [9.17, 15) is 14.7 Å². The Morgan fingerprint density at radius 3 is 2.62 bits per heavy atom. The van der Waals surface area contributed by atoms with Crippen molar-refractivity contribution in [3.05, 3.63) is 70.7 Å². The number of aromatic nitrogens is 2. The molecule has 0 bridgehead atoms. The average molecular weight is 505 g/mol. The number of imidazole rings is 1. The lowest BCUT2D eigenvalue weighted by Crippen LogP contribution is -2.32. The van der Waals surface area contributed by atoms with Gasteiger partial charge in [0, 0.05) is 12.7 Å². The molecule has 196 valence electrons. The van der Waals surface area contributed by atoms with Gasteiger partial charge in [0.2, 0.25) is 0 Å². The van der Waals surface area contributed by atoms with Gasteiger partial charge in [-0.3, -0.25) is 9.59 Å². The normalized spacial score (nSPS) is 17.4. The SMILES string of the molecule is CCCCOc1cccc(C2/C(=C(\O)c3nc4c(C)cccn4c3C)C(=O)C(=O)N2CCCN(C)C)c1. The van der Waals surface area contributed by atoms with E-state index in [1.54, 1.807) is 4.90 Å². The van der Waals surface area contributed by atoms with Crippen LogP contribution in [-0.4, -0.2) is 69.8 Å². The summed E-state index contributed by atoms with van der Waals surface area (Å²) >= 11 is 0. The summed E-state index contributed by atoms with van der Waals surface area (Å²) in [4.78, 5) is 35.0. The van der Waals surface area contributed by atoms with E-state index in [4.69, 9.17) is 4.74 Å². The number of carbonyl (C=O) groups is 2. The van der Waals surface area contributed by atoms with Gasteiger partial charge in [-0.2, -0.15) is 0 Å². The number of Topliss-reactive ketones (excluding diaryl/α,β-unsaturated/α-hetero) is 1. The summed E-state index contributed by atoms with van der Waals surface area (Å²) < 4.78 is 7.80. The van der Waals surface area contributed by atoms with Gasteiger partial charge in [-0.15, -0.1) is 0 Å².